The third-order valence-electron chi connectivity index (χ3n) is 2.53. The van der Waals surface area contributed by atoms with Crippen molar-refractivity contribution in [3.8, 4) is 0 Å². The molecule has 1 rings (SSSR count). The average Bonchev–Trinajstić information content (AvgIpc) is 2.46. The number of nitrogens with two attached hydrogens (primary N) is 1. The molecule has 2 amide bonds. The Labute approximate surface area is 82.6 Å². The molecule has 3 N–H and O–H groups in total. The first-order chi connectivity index (χ1) is 6.71. The van der Waals surface area contributed by atoms with Crippen LogP contribution in [0, 0.1) is 5.41 Å². The van der Waals surface area contributed by atoms with Crippen LogP contribution in [0.3, 0.4) is 0 Å². The molecule has 8 heteroatoms. The Morgan fingerprint density at radius 3 is 2.13 bits per heavy atom. The highest BCUT2D eigenvalue weighted by Gasteiger charge is 2.64. The van der Waals surface area contributed by atoms with Crippen LogP contribution in [0.1, 0.15) is 6.42 Å². The molecule has 86 valence electrons. The van der Waals surface area contributed by atoms with Crippen LogP contribution in [0.4, 0.5) is 18.0 Å². The summed E-state index contributed by atoms with van der Waals surface area (Å²) in [5.41, 5.74) is 1.92. The maximum absolute atomic E-state index is 12.5. The fraction of sp³-hybridized carbons (Fsp3) is 0.714. The zero-order valence-corrected chi connectivity index (χ0v) is 7.54. The Hall–Kier alpha value is -1.47. The first-order valence-corrected chi connectivity index (χ1v) is 4.05. The highest BCUT2D eigenvalue weighted by Crippen LogP contribution is 2.45. The summed E-state index contributed by atoms with van der Waals surface area (Å²) < 4.78 is 37.6. The van der Waals surface area contributed by atoms with Crippen molar-refractivity contribution < 1.29 is 27.9 Å². The topological polar surface area (TPSA) is 83.6 Å². The van der Waals surface area contributed by atoms with E-state index in [9.17, 15) is 22.8 Å². The number of carboxylic acids is 1. The monoisotopic (exact) mass is 226 g/mol. The number of nitrogens with zero attached hydrogens (tertiary/aromatic N) is 1. The van der Waals surface area contributed by atoms with Crippen molar-refractivity contribution in [2.45, 2.75) is 12.6 Å². The van der Waals surface area contributed by atoms with Crippen LogP contribution in [-0.4, -0.2) is 41.3 Å². The largest absolute Gasteiger partial charge is 0.481 e. The highest BCUT2D eigenvalue weighted by atomic mass is 19.4. The Morgan fingerprint density at radius 2 is 1.93 bits per heavy atom. The van der Waals surface area contributed by atoms with E-state index in [4.69, 9.17) is 10.8 Å². The minimum atomic E-state index is -4.89. The van der Waals surface area contributed by atoms with Gasteiger partial charge in [0.1, 0.15) is 0 Å². The summed E-state index contributed by atoms with van der Waals surface area (Å²) in [7, 11) is 0. The number of hydrogen-bond acceptors (Lipinski definition) is 2. The lowest BCUT2D eigenvalue weighted by Crippen LogP contribution is -2.48. The molecule has 0 aromatic carbocycles. The van der Waals surface area contributed by atoms with E-state index < -0.39 is 36.6 Å². The fourth-order valence-electron chi connectivity index (χ4n) is 1.53. The molecule has 0 saturated carbocycles. The summed E-state index contributed by atoms with van der Waals surface area (Å²) in [5, 5.41) is 8.60. The Kier molecular flexibility index (Phi) is 2.54. The van der Waals surface area contributed by atoms with Gasteiger partial charge in [-0.1, -0.05) is 0 Å². The Morgan fingerprint density at radius 1 is 1.40 bits per heavy atom. The predicted molar refractivity (Wildman–Crippen MR) is 41.9 cm³/mol. The van der Waals surface area contributed by atoms with Crippen LogP contribution in [0.2, 0.25) is 0 Å². The minimum absolute atomic E-state index is 0.291. The molecule has 0 spiro atoms. The number of alkyl halides is 3. The second-order valence-corrected chi connectivity index (χ2v) is 3.39. The third-order valence-corrected chi connectivity index (χ3v) is 2.53. The third kappa shape index (κ3) is 1.71. The zero-order valence-electron chi connectivity index (χ0n) is 7.54. The SMILES string of the molecule is NC(=O)N1CCC(C(=O)O)(C(F)(F)F)C1. The first-order valence-electron chi connectivity index (χ1n) is 4.05. The molecule has 0 aliphatic carbocycles. The number of carboxylic acid groups (broad SMARTS) is 1. The van der Waals surface area contributed by atoms with Crippen molar-refractivity contribution in [1.29, 1.82) is 0 Å². The van der Waals surface area contributed by atoms with Gasteiger partial charge in [-0.3, -0.25) is 4.79 Å². The average molecular weight is 226 g/mol. The fourth-order valence-corrected chi connectivity index (χ4v) is 1.53. The normalized spacial score (nSPS) is 26.7. The number of rotatable bonds is 1. The lowest BCUT2D eigenvalue weighted by Gasteiger charge is -2.26. The molecule has 0 aromatic rings. The molecular formula is C7H9F3N2O3. The van der Waals surface area contributed by atoms with E-state index in [0.717, 1.165) is 0 Å². The summed E-state index contributed by atoms with van der Waals surface area (Å²) in [4.78, 5) is 21.9. The zero-order chi connectivity index (χ0) is 11.9. The number of urea groups is 1. The summed E-state index contributed by atoms with van der Waals surface area (Å²) in [6.07, 6.45) is -5.54. The van der Waals surface area contributed by atoms with Gasteiger partial charge in [-0.15, -0.1) is 0 Å². The first kappa shape index (κ1) is 11.6. The molecule has 1 unspecified atom stereocenters. The highest BCUT2D eigenvalue weighted by molar-refractivity contribution is 5.79. The van der Waals surface area contributed by atoms with Crippen LogP contribution in [0.25, 0.3) is 0 Å². The molecule has 1 atom stereocenters. The number of carbonyl (C=O) groups is 2. The molecule has 1 aliphatic rings. The van der Waals surface area contributed by atoms with Crippen molar-refractivity contribution in [3.05, 3.63) is 0 Å². The molecule has 0 bridgehead atoms. The smallest absolute Gasteiger partial charge is 0.406 e. The molecule has 0 aromatic heterocycles. The van der Waals surface area contributed by atoms with Crippen LogP contribution in [0.5, 0.6) is 0 Å². The van der Waals surface area contributed by atoms with E-state index >= 15 is 0 Å². The van der Waals surface area contributed by atoms with Gasteiger partial charge in [0.25, 0.3) is 0 Å². The second-order valence-electron chi connectivity index (χ2n) is 3.39. The number of aliphatic carboxylic acids is 1. The van der Waals surface area contributed by atoms with E-state index in [1.807, 2.05) is 0 Å². The van der Waals surface area contributed by atoms with Gasteiger partial charge in [0.2, 0.25) is 0 Å². The van der Waals surface area contributed by atoms with Gasteiger partial charge in [0, 0.05) is 13.1 Å². The summed E-state index contributed by atoms with van der Waals surface area (Å²) in [6, 6.07) is -1.04. The lowest BCUT2D eigenvalue weighted by molar-refractivity contribution is -0.226. The lowest BCUT2D eigenvalue weighted by atomic mass is 9.86. The van der Waals surface area contributed by atoms with Gasteiger partial charge in [-0.05, 0) is 6.42 Å². The molecule has 1 fully saturated rings. The summed E-state index contributed by atoms with van der Waals surface area (Å²) in [5.74, 6) is -1.97. The number of amides is 2. The maximum Gasteiger partial charge on any atom is 0.406 e. The molecule has 1 aliphatic heterocycles. The molecular weight excluding hydrogens is 217 g/mol. The number of halogens is 3. The van der Waals surface area contributed by atoms with E-state index in [2.05, 4.69) is 0 Å². The van der Waals surface area contributed by atoms with Gasteiger partial charge in [-0.25, -0.2) is 4.79 Å². The van der Waals surface area contributed by atoms with Crippen molar-refractivity contribution in [2.24, 2.45) is 11.1 Å². The van der Waals surface area contributed by atoms with Gasteiger partial charge in [0.15, 0.2) is 5.41 Å². The van der Waals surface area contributed by atoms with Crippen LogP contribution < -0.4 is 5.73 Å². The Bertz CT molecular complexity index is 304. The van der Waals surface area contributed by atoms with Crippen molar-refractivity contribution in [2.75, 3.05) is 13.1 Å². The van der Waals surface area contributed by atoms with E-state index in [1.54, 1.807) is 0 Å². The number of hydrogen-bond donors (Lipinski definition) is 2. The van der Waals surface area contributed by atoms with Crippen molar-refractivity contribution in [3.63, 3.8) is 0 Å². The molecule has 5 nitrogen and oxygen atoms in total. The minimum Gasteiger partial charge on any atom is -0.481 e. The van der Waals surface area contributed by atoms with Crippen LogP contribution in [0.15, 0.2) is 0 Å². The van der Waals surface area contributed by atoms with Crippen LogP contribution >= 0.6 is 0 Å². The van der Waals surface area contributed by atoms with Gasteiger partial charge >= 0.3 is 18.2 Å². The number of likely N-dealkylation sites (tertiary alicyclic amines) is 1. The Balaban J connectivity index is 2.99. The van der Waals surface area contributed by atoms with Crippen molar-refractivity contribution >= 4 is 12.0 Å². The maximum atomic E-state index is 12.5. The molecule has 15 heavy (non-hydrogen) atoms. The second kappa shape index (κ2) is 3.28. The number of carbonyl (C=O) groups excluding carboxylic acids is 1. The van der Waals surface area contributed by atoms with Crippen molar-refractivity contribution in [1.82, 2.24) is 4.90 Å². The molecule has 1 saturated heterocycles. The summed E-state index contributed by atoms with van der Waals surface area (Å²) >= 11 is 0. The van der Waals surface area contributed by atoms with Gasteiger partial charge < -0.3 is 15.7 Å². The van der Waals surface area contributed by atoms with E-state index in [0.29, 0.717) is 4.90 Å². The van der Waals surface area contributed by atoms with Gasteiger partial charge in [0.05, 0.1) is 0 Å². The molecule has 1 heterocycles. The van der Waals surface area contributed by atoms with E-state index in [-0.39, 0.29) is 6.54 Å². The predicted octanol–water partition coefficient (Wildman–Crippen LogP) is 0.404. The molecule has 0 radical (unpaired) electrons. The quantitative estimate of drug-likeness (QED) is 0.678. The van der Waals surface area contributed by atoms with Gasteiger partial charge in [-0.2, -0.15) is 13.2 Å². The summed E-state index contributed by atoms with van der Waals surface area (Å²) in [6.45, 7) is -1.21. The van der Waals surface area contributed by atoms with E-state index in [1.165, 1.54) is 0 Å². The van der Waals surface area contributed by atoms with Crippen LogP contribution in [-0.2, 0) is 4.79 Å². The standard InChI is InChI=1S/C7H9F3N2O3/c8-7(9,10)6(4(13)14)1-2-12(3-6)5(11)15/h1-3H2,(H2,11,15)(H,13,14). The number of primary amides is 1.